The first-order valence-corrected chi connectivity index (χ1v) is 8.87. The number of fused-ring (bicyclic) bond motifs is 2. The summed E-state index contributed by atoms with van der Waals surface area (Å²) >= 11 is 1.49. The van der Waals surface area contributed by atoms with E-state index in [1.165, 1.54) is 15.7 Å². The van der Waals surface area contributed by atoms with Gasteiger partial charge in [-0.15, -0.1) is 21.5 Å². The van der Waals surface area contributed by atoms with Crippen LogP contribution in [0.25, 0.3) is 28.5 Å². The van der Waals surface area contributed by atoms with Gasteiger partial charge in [-0.05, 0) is 13.3 Å². The van der Waals surface area contributed by atoms with E-state index in [0.717, 1.165) is 31.5 Å². The van der Waals surface area contributed by atoms with E-state index >= 15 is 0 Å². The van der Waals surface area contributed by atoms with Gasteiger partial charge in [0.2, 0.25) is 5.78 Å². The summed E-state index contributed by atoms with van der Waals surface area (Å²) in [5, 5.41) is 10.2. The summed E-state index contributed by atoms with van der Waals surface area (Å²) in [5.41, 5.74) is 3.38. The zero-order valence-electron chi connectivity index (χ0n) is 13.5. The molecule has 124 valence electrons. The molecule has 0 aliphatic carbocycles. The molecule has 4 heterocycles. The molecule has 0 fully saturated rings. The minimum absolute atomic E-state index is 0.178. The Labute approximate surface area is 141 Å². The van der Waals surface area contributed by atoms with Crippen molar-refractivity contribution in [2.24, 2.45) is 0 Å². The number of hydrogen-bond acceptors (Lipinski definition) is 6. The van der Waals surface area contributed by atoms with Crippen LogP contribution in [0.1, 0.15) is 32.0 Å². The van der Waals surface area contributed by atoms with Gasteiger partial charge in [-0.1, -0.05) is 19.8 Å². The number of rotatable bonds is 5. The van der Waals surface area contributed by atoms with Crippen molar-refractivity contribution in [1.29, 1.82) is 0 Å². The number of hydrogen-bond donors (Lipinski definition) is 1. The van der Waals surface area contributed by atoms with Crippen molar-refractivity contribution < 1.29 is 0 Å². The molecule has 9 heteroatoms. The molecule has 0 atom stereocenters. The molecule has 4 aromatic rings. The molecule has 0 saturated heterocycles. The van der Waals surface area contributed by atoms with Crippen LogP contribution < -0.4 is 5.56 Å². The zero-order valence-corrected chi connectivity index (χ0v) is 14.3. The van der Waals surface area contributed by atoms with Crippen LogP contribution in [-0.4, -0.2) is 34.1 Å². The Balaban J connectivity index is 2.00. The molecule has 0 saturated carbocycles. The number of thiazole rings is 1. The molecule has 0 radical (unpaired) electrons. The summed E-state index contributed by atoms with van der Waals surface area (Å²) in [5.74, 6) is 1.72. The highest BCUT2D eigenvalue weighted by Crippen LogP contribution is 2.20. The minimum atomic E-state index is -0.178. The maximum absolute atomic E-state index is 12.8. The van der Waals surface area contributed by atoms with Gasteiger partial charge in [0.1, 0.15) is 11.5 Å². The number of aromatic nitrogens is 7. The van der Waals surface area contributed by atoms with Gasteiger partial charge in [0.15, 0.2) is 17.0 Å². The van der Waals surface area contributed by atoms with Crippen molar-refractivity contribution in [3.63, 3.8) is 0 Å². The summed E-state index contributed by atoms with van der Waals surface area (Å²) in [6.45, 7) is 4.68. The van der Waals surface area contributed by atoms with E-state index in [2.05, 4.69) is 32.1 Å². The Morgan fingerprint density at radius 1 is 1.29 bits per heavy atom. The van der Waals surface area contributed by atoms with Gasteiger partial charge in [0.05, 0.1) is 5.51 Å². The molecule has 1 N–H and O–H groups in total. The van der Waals surface area contributed by atoms with E-state index in [-0.39, 0.29) is 5.56 Å². The van der Waals surface area contributed by atoms with Gasteiger partial charge < -0.3 is 4.98 Å². The maximum Gasteiger partial charge on any atom is 0.286 e. The molecule has 24 heavy (non-hydrogen) atoms. The fraction of sp³-hybridized carbons (Fsp3) is 0.400. The van der Waals surface area contributed by atoms with Gasteiger partial charge in [-0.2, -0.15) is 0 Å². The smallest absolute Gasteiger partial charge is 0.286 e. The van der Waals surface area contributed by atoms with Gasteiger partial charge in [-0.3, -0.25) is 9.36 Å². The Morgan fingerprint density at radius 2 is 2.17 bits per heavy atom. The van der Waals surface area contributed by atoms with Crippen LogP contribution in [0.4, 0.5) is 0 Å². The molecular weight excluding hydrogens is 326 g/mol. The molecule has 0 aliphatic heterocycles. The predicted molar refractivity (Wildman–Crippen MR) is 92.3 cm³/mol. The highest BCUT2D eigenvalue weighted by molar-refractivity contribution is 7.07. The van der Waals surface area contributed by atoms with Crippen molar-refractivity contribution >= 4 is 28.3 Å². The summed E-state index contributed by atoms with van der Waals surface area (Å²) in [6.07, 6.45) is 3.22. The molecule has 0 spiro atoms. The first-order chi connectivity index (χ1) is 11.7. The van der Waals surface area contributed by atoms with Crippen LogP contribution in [-0.2, 0) is 6.54 Å². The standard InChI is InChI=1S/C15H17N7OS/c1-3-4-5-6-21-13-11(14(23)22-9(2)19-20-15(21)22)17-12(18-13)10-7-24-8-16-10/h7-8H,3-6H2,1-2H3,(H,17,18). The summed E-state index contributed by atoms with van der Waals surface area (Å²) in [7, 11) is 0. The molecule has 0 amide bonds. The van der Waals surface area contributed by atoms with Crippen molar-refractivity contribution in [2.45, 2.75) is 39.7 Å². The Bertz CT molecular complexity index is 1060. The van der Waals surface area contributed by atoms with Crippen LogP contribution in [0.2, 0.25) is 0 Å². The van der Waals surface area contributed by atoms with E-state index in [1.807, 2.05) is 9.95 Å². The van der Waals surface area contributed by atoms with E-state index < -0.39 is 0 Å². The van der Waals surface area contributed by atoms with Crippen LogP contribution in [0.15, 0.2) is 15.7 Å². The monoisotopic (exact) mass is 343 g/mol. The van der Waals surface area contributed by atoms with Crippen molar-refractivity contribution in [2.75, 3.05) is 0 Å². The van der Waals surface area contributed by atoms with Crippen molar-refractivity contribution in [3.8, 4) is 11.5 Å². The van der Waals surface area contributed by atoms with Crippen LogP contribution in [0, 0.1) is 6.92 Å². The normalized spacial score (nSPS) is 11.8. The maximum atomic E-state index is 12.8. The van der Waals surface area contributed by atoms with E-state index in [9.17, 15) is 4.79 Å². The van der Waals surface area contributed by atoms with Crippen LogP contribution in [0.3, 0.4) is 0 Å². The highest BCUT2D eigenvalue weighted by atomic mass is 32.1. The molecular formula is C15H17N7OS. The third-order valence-corrected chi connectivity index (χ3v) is 4.65. The van der Waals surface area contributed by atoms with Gasteiger partial charge in [0.25, 0.3) is 5.56 Å². The predicted octanol–water partition coefficient (Wildman–Crippen LogP) is 2.39. The van der Waals surface area contributed by atoms with Gasteiger partial charge >= 0.3 is 0 Å². The molecule has 0 unspecified atom stereocenters. The number of nitrogens with one attached hydrogen (secondary N) is 1. The largest absolute Gasteiger partial charge is 0.331 e. The molecule has 0 aliphatic rings. The average molecular weight is 343 g/mol. The number of aromatic amines is 1. The second-order valence-electron chi connectivity index (χ2n) is 5.70. The highest BCUT2D eigenvalue weighted by Gasteiger charge is 2.19. The lowest BCUT2D eigenvalue weighted by molar-refractivity contribution is 0.612. The Morgan fingerprint density at radius 3 is 2.92 bits per heavy atom. The fourth-order valence-electron chi connectivity index (χ4n) is 2.86. The number of aryl methyl sites for hydroxylation is 2. The van der Waals surface area contributed by atoms with Crippen LogP contribution >= 0.6 is 11.3 Å². The Hall–Kier alpha value is -2.55. The molecule has 8 nitrogen and oxygen atoms in total. The first kappa shape index (κ1) is 15.0. The molecule has 4 rings (SSSR count). The summed E-state index contributed by atoms with van der Waals surface area (Å²) in [4.78, 5) is 24.8. The molecule has 0 aromatic carbocycles. The van der Waals surface area contributed by atoms with E-state index in [0.29, 0.717) is 28.6 Å². The second kappa shape index (κ2) is 5.82. The number of H-pyrrole nitrogens is 1. The number of imidazole rings is 1. The lowest BCUT2D eigenvalue weighted by Crippen LogP contribution is -2.20. The number of nitrogens with zero attached hydrogens (tertiary/aromatic N) is 6. The SMILES string of the molecule is CCCCCn1c2nc(-c3cscn3)[nH]c2c(=O)n2c(C)nnc12. The third kappa shape index (κ3) is 2.23. The second-order valence-corrected chi connectivity index (χ2v) is 6.42. The van der Waals surface area contributed by atoms with Crippen molar-refractivity contribution in [1.82, 2.24) is 34.1 Å². The van der Waals surface area contributed by atoms with E-state index in [4.69, 9.17) is 0 Å². The van der Waals surface area contributed by atoms with Gasteiger partial charge in [0, 0.05) is 11.9 Å². The first-order valence-electron chi connectivity index (χ1n) is 7.93. The zero-order chi connectivity index (χ0) is 16.7. The third-order valence-electron chi connectivity index (χ3n) is 4.07. The van der Waals surface area contributed by atoms with Crippen LogP contribution in [0.5, 0.6) is 0 Å². The van der Waals surface area contributed by atoms with Crippen molar-refractivity contribution in [3.05, 3.63) is 27.1 Å². The van der Waals surface area contributed by atoms with Gasteiger partial charge in [-0.25, -0.2) is 14.4 Å². The Kier molecular flexibility index (Phi) is 3.64. The van der Waals surface area contributed by atoms with E-state index in [1.54, 1.807) is 12.4 Å². The lowest BCUT2D eigenvalue weighted by Gasteiger charge is -2.08. The minimum Gasteiger partial charge on any atom is -0.331 e. The lowest BCUT2D eigenvalue weighted by atomic mass is 10.2. The molecule has 0 bridgehead atoms. The topological polar surface area (TPSA) is 93.8 Å². The molecule has 4 aromatic heterocycles. The quantitative estimate of drug-likeness (QED) is 0.562. The summed E-state index contributed by atoms with van der Waals surface area (Å²) < 4.78 is 3.51. The summed E-state index contributed by atoms with van der Waals surface area (Å²) in [6, 6.07) is 0. The number of unbranched alkanes of at least 4 members (excludes halogenated alkanes) is 2. The average Bonchev–Trinajstić information content (AvgIpc) is 3.29. The fourth-order valence-corrected chi connectivity index (χ4v) is 3.39.